The number of ether oxygens (including phenoxy) is 3. The van der Waals surface area contributed by atoms with Crippen LogP contribution in [0.2, 0.25) is 0 Å². The van der Waals surface area contributed by atoms with Gasteiger partial charge in [0.05, 0.1) is 26.4 Å². The molecule has 0 aromatic carbocycles. The third kappa shape index (κ3) is 3.19. The zero-order valence-corrected chi connectivity index (χ0v) is 13.7. The van der Waals surface area contributed by atoms with E-state index in [1.807, 2.05) is 0 Å². The van der Waals surface area contributed by atoms with Crippen molar-refractivity contribution in [2.75, 3.05) is 46.1 Å². The van der Waals surface area contributed by atoms with Crippen LogP contribution < -0.4 is 4.90 Å². The summed E-state index contributed by atoms with van der Waals surface area (Å²) < 4.78 is 17.7. The van der Waals surface area contributed by atoms with E-state index in [9.17, 15) is 0 Å². The molecule has 2 saturated heterocycles. The van der Waals surface area contributed by atoms with Crippen molar-refractivity contribution in [3.8, 4) is 0 Å². The predicted octanol–water partition coefficient (Wildman–Crippen LogP) is 0.883. The van der Waals surface area contributed by atoms with Gasteiger partial charge < -0.3 is 19.1 Å². The maximum absolute atomic E-state index is 6.14. The molecule has 1 aliphatic carbocycles. The minimum atomic E-state index is -0.0323. The van der Waals surface area contributed by atoms with Crippen LogP contribution in [-0.2, 0) is 14.2 Å². The molecule has 0 aromatic rings. The summed E-state index contributed by atoms with van der Waals surface area (Å²) in [6, 6.07) is 0. The van der Waals surface area contributed by atoms with Gasteiger partial charge in [0.1, 0.15) is 19.6 Å². The van der Waals surface area contributed by atoms with Crippen LogP contribution >= 0.6 is 0 Å². The van der Waals surface area contributed by atoms with E-state index in [1.165, 1.54) is 12.0 Å². The van der Waals surface area contributed by atoms with Crippen molar-refractivity contribution < 1.29 is 19.1 Å². The Labute approximate surface area is 128 Å². The molecule has 1 N–H and O–H groups in total. The first-order chi connectivity index (χ1) is 10.1. The van der Waals surface area contributed by atoms with Crippen molar-refractivity contribution >= 4 is 0 Å². The second-order valence-corrected chi connectivity index (χ2v) is 7.26. The first-order valence-electron chi connectivity index (χ1n) is 8.42. The second kappa shape index (κ2) is 6.37. The highest BCUT2D eigenvalue weighted by molar-refractivity contribution is 5.13. The SMILES string of the molecule is CC1=C[C@H](C)C2(COC(C[NH+]3CCOCC3)OC2)[C@@H](C)C1. The topological polar surface area (TPSA) is 32.1 Å². The minimum Gasteiger partial charge on any atom is -0.370 e. The number of nitrogens with one attached hydrogen (secondary N) is 1. The third-order valence-corrected chi connectivity index (χ3v) is 5.78. The van der Waals surface area contributed by atoms with Crippen molar-refractivity contribution in [2.45, 2.75) is 33.5 Å². The zero-order valence-electron chi connectivity index (χ0n) is 13.7. The lowest BCUT2D eigenvalue weighted by molar-refractivity contribution is -0.914. The van der Waals surface area contributed by atoms with Gasteiger partial charge in [0.15, 0.2) is 0 Å². The maximum Gasteiger partial charge on any atom is 0.207 e. The van der Waals surface area contributed by atoms with Crippen LogP contribution in [0.5, 0.6) is 0 Å². The molecule has 3 rings (SSSR count). The quantitative estimate of drug-likeness (QED) is 0.768. The molecule has 120 valence electrons. The van der Waals surface area contributed by atoms with E-state index in [-0.39, 0.29) is 11.7 Å². The molecule has 0 aromatic heterocycles. The van der Waals surface area contributed by atoms with E-state index >= 15 is 0 Å². The standard InChI is InChI=1S/C17H29NO3/c1-13-8-14(2)17(15(3)9-13)11-20-16(21-12-17)10-18-4-6-19-7-5-18/h8,14-16H,4-7,9-12H2,1-3H3/p+1/t14-,15-,16?,17?/m0/s1. The lowest BCUT2D eigenvalue weighted by Crippen LogP contribution is -3.15. The van der Waals surface area contributed by atoms with Crippen molar-refractivity contribution in [3.63, 3.8) is 0 Å². The number of allylic oxidation sites excluding steroid dienone is 2. The van der Waals surface area contributed by atoms with Gasteiger partial charge in [-0.1, -0.05) is 25.5 Å². The number of hydrogen-bond acceptors (Lipinski definition) is 3. The molecule has 0 radical (unpaired) electrons. The number of morpholine rings is 1. The molecule has 21 heavy (non-hydrogen) atoms. The first-order valence-corrected chi connectivity index (χ1v) is 8.42. The van der Waals surface area contributed by atoms with Gasteiger partial charge in [0.25, 0.3) is 0 Å². The van der Waals surface area contributed by atoms with Crippen molar-refractivity contribution in [3.05, 3.63) is 11.6 Å². The second-order valence-electron chi connectivity index (χ2n) is 7.26. The Kier molecular flexibility index (Phi) is 4.69. The molecule has 0 amide bonds. The van der Waals surface area contributed by atoms with Gasteiger partial charge in [-0.2, -0.15) is 0 Å². The molecule has 2 heterocycles. The Bertz CT molecular complexity index is 381. The van der Waals surface area contributed by atoms with Crippen LogP contribution in [-0.4, -0.2) is 52.4 Å². The Morgan fingerprint density at radius 3 is 2.48 bits per heavy atom. The Balaban J connectivity index is 1.56. The van der Waals surface area contributed by atoms with E-state index < -0.39 is 0 Å². The number of rotatable bonds is 2. The highest BCUT2D eigenvalue weighted by Crippen LogP contribution is 2.46. The largest absolute Gasteiger partial charge is 0.370 e. The Hall–Kier alpha value is -0.420. The van der Waals surface area contributed by atoms with E-state index in [2.05, 4.69) is 26.8 Å². The zero-order chi connectivity index (χ0) is 14.9. The summed E-state index contributed by atoms with van der Waals surface area (Å²) >= 11 is 0. The van der Waals surface area contributed by atoms with E-state index in [0.717, 1.165) is 46.1 Å². The molecule has 4 heteroatoms. The molecule has 0 unspecified atom stereocenters. The summed E-state index contributed by atoms with van der Waals surface area (Å²) in [6.45, 7) is 13.4. The van der Waals surface area contributed by atoms with Crippen molar-refractivity contribution in [2.24, 2.45) is 17.3 Å². The summed E-state index contributed by atoms with van der Waals surface area (Å²) in [5, 5.41) is 0. The van der Waals surface area contributed by atoms with Crippen molar-refractivity contribution in [1.82, 2.24) is 0 Å². The molecule has 2 aliphatic heterocycles. The predicted molar refractivity (Wildman–Crippen MR) is 81.2 cm³/mol. The molecule has 0 saturated carbocycles. The van der Waals surface area contributed by atoms with Gasteiger partial charge in [-0.25, -0.2) is 0 Å². The number of hydrogen-bond donors (Lipinski definition) is 1. The fourth-order valence-electron chi connectivity index (χ4n) is 4.15. The smallest absolute Gasteiger partial charge is 0.207 e. The normalized spacial score (nSPS) is 42.0. The maximum atomic E-state index is 6.14. The fraction of sp³-hybridized carbons (Fsp3) is 0.882. The number of quaternary nitrogens is 1. The summed E-state index contributed by atoms with van der Waals surface area (Å²) in [7, 11) is 0. The van der Waals surface area contributed by atoms with Crippen LogP contribution in [0.3, 0.4) is 0 Å². The van der Waals surface area contributed by atoms with E-state index in [1.54, 1.807) is 4.90 Å². The molecule has 0 bridgehead atoms. The first kappa shape index (κ1) is 15.5. The van der Waals surface area contributed by atoms with Crippen LogP contribution in [0.25, 0.3) is 0 Å². The molecule has 2 atom stereocenters. The van der Waals surface area contributed by atoms with Crippen LogP contribution in [0.15, 0.2) is 11.6 Å². The molecular formula is C17H30NO3+. The van der Waals surface area contributed by atoms with Crippen LogP contribution in [0, 0.1) is 17.3 Å². The fourth-order valence-corrected chi connectivity index (χ4v) is 4.15. The average molecular weight is 296 g/mol. The van der Waals surface area contributed by atoms with E-state index in [0.29, 0.717) is 11.8 Å². The Morgan fingerprint density at radius 2 is 1.86 bits per heavy atom. The highest BCUT2D eigenvalue weighted by atomic mass is 16.7. The molecular weight excluding hydrogens is 266 g/mol. The van der Waals surface area contributed by atoms with Gasteiger partial charge in [-0.05, 0) is 25.2 Å². The summed E-state index contributed by atoms with van der Waals surface area (Å²) in [5.41, 5.74) is 1.69. The average Bonchev–Trinajstić information content (AvgIpc) is 2.47. The van der Waals surface area contributed by atoms with E-state index in [4.69, 9.17) is 14.2 Å². The van der Waals surface area contributed by atoms with Crippen LogP contribution in [0.1, 0.15) is 27.2 Å². The van der Waals surface area contributed by atoms with Gasteiger partial charge in [-0.3, -0.25) is 0 Å². The summed E-state index contributed by atoms with van der Waals surface area (Å²) in [5.74, 6) is 1.17. The summed E-state index contributed by atoms with van der Waals surface area (Å²) in [6.07, 6.45) is 3.56. The molecule has 3 aliphatic rings. The van der Waals surface area contributed by atoms with Crippen molar-refractivity contribution in [1.29, 1.82) is 0 Å². The third-order valence-electron chi connectivity index (χ3n) is 5.78. The van der Waals surface area contributed by atoms with Gasteiger partial charge in [-0.15, -0.1) is 0 Å². The van der Waals surface area contributed by atoms with Gasteiger partial charge >= 0.3 is 0 Å². The molecule has 2 fully saturated rings. The highest BCUT2D eigenvalue weighted by Gasteiger charge is 2.47. The van der Waals surface area contributed by atoms with Gasteiger partial charge in [0, 0.05) is 5.41 Å². The minimum absolute atomic E-state index is 0.0323. The van der Waals surface area contributed by atoms with Crippen LogP contribution in [0.4, 0.5) is 0 Å². The lowest BCUT2D eigenvalue weighted by Gasteiger charge is -2.49. The monoisotopic (exact) mass is 296 g/mol. The molecule has 4 nitrogen and oxygen atoms in total. The summed E-state index contributed by atoms with van der Waals surface area (Å²) in [4.78, 5) is 1.54. The Morgan fingerprint density at radius 1 is 1.19 bits per heavy atom. The van der Waals surface area contributed by atoms with Gasteiger partial charge in [0.2, 0.25) is 6.29 Å². The molecule has 1 spiro atoms. The lowest BCUT2D eigenvalue weighted by atomic mass is 9.63.